The summed E-state index contributed by atoms with van der Waals surface area (Å²) in [5, 5.41) is 0. The van der Waals surface area contributed by atoms with Crippen molar-refractivity contribution in [2.75, 3.05) is 0 Å². The quantitative estimate of drug-likeness (QED) is 0.648. The average Bonchev–Trinajstić information content (AvgIpc) is 2.75. The second-order valence-electron chi connectivity index (χ2n) is 3.81. The Balaban J connectivity index is 2.06. The first-order valence-electron chi connectivity index (χ1n) is 4.98. The molecule has 1 aliphatic carbocycles. The monoisotopic (exact) mass is 177 g/mol. The van der Waals surface area contributed by atoms with E-state index in [4.69, 9.17) is 0 Å². The van der Waals surface area contributed by atoms with Gasteiger partial charge in [0.25, 0.3) is 0 Å². The lowest BCUT2D eigenvalue weighted by Crippen LogP contribution is -1.99. The number of hydrogen-bond acceptors (Lipinski definition) is 1. The summed E-state index contributed by atoms with van der Waals surface area (Å²) in [5.74, 6) is 0.816. The van der Waals surface area contributed by atoms with E-state index < -0.39 is 0 Å². The molecule has 70 valence electrons. The second kappa shape index (κ2) is 3.36. The van der Waals surface area contributed by atoms with Gasteiger partial charge in [-0.05, 0) is 30.9 Å². The van der Waals surface area contributed by atoms with Gasteiger partial charge in [-0.2, -0.15) is 0 Å². The summed E-state index contributed by atoms with van der Waals surface area (Å²) in [7, 11) is 0. The van der Waals surface area contributed by atoms with Crippen molar-refractivity contribution in [1.82, 2.24) is 4.57 Å². The Kier molecular flexibility index (Phi) is 2.21. The molecule has 1 saturated carbocycles. The molecule has 1 aromatic heterocycles. The number of rotatable bonds is 4. The highest BCUT2D eigenvalue weighted by atomic mass is 16.1. The molecule has 1 heterocycles. The van der Waals surface area contributed by atoms with Crippen LogP contribution < -0.4 is 0 Å². The molecule has 1 aliphatic rings. The summed E-state index contributed by atoms with van der Waals surface area (Å²) < 4.78 is 2.12. The van der Waals surface area contributed by atoms with Crippen LogP contribution in [0.25, 0.3) is 0 Å². The molecule has 13 heavy (non-hydrogen) atoms. The van der Waals surface area contributed by atoms with Gasteiger partial charge in [0.05, 0.1) is 5.69 Å². The Morgan fingerprint density at radius 2 is 2.54 bits per heavy atom. The molecular weight excluding hydrogens is 162 g/mol. The third-order valence-corrected chi connectivity index (χ3v) is 2.83. The zero-order valence-corrected chi connectivity index (χ0v) is 7.94. The van der Waals surface area contributed by atoms with E-state index in [9.17, 15) is 4.79 Å². The summed E-state index contributed by atoms with van der Waals surface area (Å²) >= 11 is 0. The van der Waals surface area contributed by atoms with Gasteiger partial charge < -0.3 is 4.57 Å². The number of aldehydes is 1. The van der Waals surface area contributed by atoms with Crippen LogP contribution in [0, 0.1) is 5.92 Å². The van der Waals surface area contributed by atoms with Crippen LogP contribution in [0.3, 0.4) is 0 Å². The summed E-state index contributed by atoms with van der Waals surface area (Å²) in [4.78, 5) is 10.7. The van der Waals surface area contributed by atoms with Gasteiger partial charge in [-0.1, -0.05) is 13.3 Å². The van der Waals surface area contributed by atoms with Crippen LogP contribution in [0.5, 0.6) is 0 Å². The zero-order chi connectivity index (χ0) is 9.26. The normalized spacial score (nSPS) is 25.9. The third kappa shape index (κ3) is 1.53. The molecule has 1 fully saturated rings. The molecule has 0 saturated heterocycles. The number of aromatic nitrogens is 1. The van der Waals surface area contributed by atoms with Gasteiger partial charge in [0, 0.05) is 12.2 Å². The molecule has 0 bridgehead atoms. The Labute approximate surface area is 78.6 Å². The van der Waals surface area contributed by atoms with Crippen molar-refractivity contribution in [3.8, 4) is 0 Å². The fourth-order valence-corrected chi connectivity index (χ4v) is 2.06. The molecule has 1 aromatic rings. The molecule has 0 N–H and O–H groups in total. The number of nitrogens with zero attached hydrogens (tertiary/aromatic N) is 1. The first-order chi connectivity index (χ1) is 6.36. The highest BCUT2D eigenvalue weighted by Crippen LogP contribution is 2.46. The standard InChI is InChI=1S/C11H15NO/c1-2-4-9-7-11(9)12-6-3-5-10(12)8-13/h3,5-6,8-9,11H,2,4,7H2,1H3. The van der Waals surface area contributed by atoms with Crippen molar-refractivity contribution in [2.24, 2.45) is 5.92 Å². The van der Waals surface area contributed by atoms with Gasteiger partial charge in [-0.25, -0.2) is 0 Å². The summed E-state index contributed by atoms with van der Waals surface area (Å²) in [6, 6.07) is 4.44. The fraction of sp³-hybridized carbons (Fsp3) is 0.545. The Morgan fingerprint density at radius 1 is 1.69 bits per heavy atom. The molecule has 2 atom stereocenters. The van der Waals surface area contributed by atoms with E-state index >= 15 is 0 Å². The smallest absolute Gasteiger partial charge is 0.166 e. The van der Waals surface area contributed by atoms with Crippen LogP contribution in [-0.4, -0.2) is 10.9 Å². The lowest BCUT2D eigenvalue weighted by molar-refractivity contribution is 0.111. The molecule has 0 radical (unpaired) electrons. The van der Waals surface area contributed by atoms with Crippen LogP contribution in [-0.2, 0) is 0 Å². The maximum atomic E-state index is 10.7. The van der Waals surface area contributed by atoms with Crippen molar-refractivity contribution in [3.05, 3.63) is 24.0 Å². The van der Waals surface area contributed by atoms with E-state index in [1.54, 1.807) is 0 Å². The Bertz CT molecular complexity index is 303. The zero-order valence-electron chi connectivity index (χ0n) is 7.94. The lowest BCUT2D eigenvalue weighted by atomic mass is 10.2. The Morgan fingerprint density at radius 3 is 3.23 bits per heavy atom. The van der Waals surface area contributed by atoms with Gasteiger partial charge in [0.2, 0.25) is 0 Å². The molecule has 0 amide bonds. The first kappa shape index (κ1) is 8.54. The van der Waals surface area contributed by atoms with Gasteiger partial charge in [-0.3, -0.25) is 4.79 Å². The van der Waals surface area contributed by atoms with Crippen molar-refractivity contribution in [3.63, 3.8) is 0 Å². The van der Waals surface area contributed by atoms with Gasteiger partial charge >= 0.3 is 0 Å². The number of carbonyl (C=O) groups is 1. The largest absolute Gasteiger partial charge is 0.342 e. The summed E-state index contributed by atoms with van der Waals surface area (Å²) in [6.07, 6.45) is 6.76. The van der Waals surface area contributed by atoms with E-state index in [1.807, 2.05) is 18.3 Å². The van der Waals surface area contributed by atoms with Crippen LogP contribution in [0.1, 0.15) is 42.7 Å². The van der Waals surface area contributed by atoms with Gasteiger partial charge in [0.15, 0.2) is 6.29 Å². The molecule has 0 aliphatic heterocycles. The number of hydrogen-bond donors (Lipinski definition) is 0. The highest BCUT2D eigenvalue weighted by molar-refractivity contribution is 5.72. The SMILES string of the molecule is CCCC1CC1n1cccc1C=O. The minimum absolute atomic E-state index is 0.607. The van der Waals surface area contributed by atoms with Crippen molar-refractivity contribution >= 4 is 6.29 Å². The topological polar surface area (TPSA) is 22.0 Å². The number of carbonyl (C=O) groups excluding carboxylic acids is 1. The van der Waals surface area contributed by atoms with E-state index in [0.29, 0.717) is 6.04 Å². The van der Waals surface area contributed by atoms with Crippen LogP contribution in [0.4, 0.5) is 0 Å². The van der Waals surface area contributed by atoms with Gasteiger partial charge in [-0.15, -0.1) is 0 Å². The predicted molar refractivity (Wildman–Crippen MR) is 51.9 cm³/mol. The second-order valence-corrected chi connectivity index (χ2v) is 3.81. The minimum atomic E-state index is 0.607. The highest BCUT2D eigenvalue weighted by Gasteiger charge is 2.37. The molecule has 0 spiro atoms. The Hall–Kier alpha value is -1.05. The maximum Gasteiger partial charge on any atom is 0.166 e. The fourth-order valence-electron chi connectivity index (χ4n) is 2.06. The molecule has 0 aromatic carbocycles. The molecule has 2 heteroatoms. The van der Waals surface area contributed by atoms with E-state index in [0.717, 1.165) is 17.9 Å². The maximum absolute atomic E-state index is 10.7. The summed E-state index contributed by atoms with van der Waals surface area (Å²) in [5.41, 5.74) is 0.823. The molecule has 2 nitrogen and oxygen atoms in total. The van der Waals surface area contributed by atoms with Crippen molar-refractivity contribution in [1.29, 1.82) is 0 Å². The van der Waals surface area contributed by atoms with E-state index in [-0.39, 0.29) is 0 Å². The van der Waals surface area contributed by atoms with Crippen LogP contribution in [0.15, 0.2) is 18.3 Å². The van der Waals surface area contributed by atoms with Crippen LogP contribution >= 0.6 is 0 Å². The first-order valence-corrected chi connectivity index (χ1v) is 4.98. The van der Waals surface area contributed by atoms with Crippen molar-refractivity contribution < 1.29 is 4.79 Å². The predicted octanol–water partition coefficient (Wildman–Crippen LogP) is 2.66. The van der Waals surface area contributed by atoms with Crippen molar-refractivity contribution in [2.45, 2.75) is 32.2 Å². The van der Waals surface area contributed by atoms with Crippen LogP contribution in [0.2, 0.25) is 0 Å². The lowest BCUT2D eigenvalue weighted by Gasteiger charge is -2.03. The van der Waals surface area contributed by atoms with E-state index in [2.05, 4.69) is 11.5 Å². The minimum Gasteiger partial charge on any atom is -0.342 e. The van der Waals surface area contributed by atoms with Gasteiger partial charge in [0.1, 0.15) is 0 Å². The molecule has 2 unspecified atom stereocenters. The third-order valence-electron chi connectivity index (χ3n) is 2.83. The average molecular weight is 177 g/mol. The van der Waals surface area contributed by atoms with E-state index in [1.165, 1.54) is 19.3 Å². The molecular formula is C11H15NO. The molecule has 2 rings (SSSR count). The summed E-state index contributed by atoms with van der Waals surface area (Å²) in [6.45, 7) is 2.21.